The van der Waals surface area contributed by atoms with Crippen molar-refractivity contribution in [2.75, 3.05) is 19.6 Å². The summed E-state index contributed by atoms with van der Waals surface area (Å²) < 4.78 is 0. The van der Waals surface area contributed by atoms with Crippen molar-refractivity contribution in [1.29, 1.82) is 0 Å². The van der Waals surface area contributed by atoms with Crippen LogP contribution in [0.4, 0.5) is 0 Å². The second-order valence-electron chi connectivity index (χ2n) is 1.79. The number of hydrogen-bond donors (Lipinski definition) is 1. The highest BCUT2D eigenvalue weighted by Gasteiger charge is 2.17. The molecule has 1 amide bonds. The molecule has 1 rings (SSSR count). The van der Waals surface area contributed by atoms with Gasteiger partial charge < -0.3 is 10.6 Å². The van der Waals surface area contributed by atoms with E-state index < -0.39 is 0 Å². The normalized spacial score (nSPS) is 17.9. The number of amides is 1. The molecule has 1 radical (unpaired) electrons. The average molecular weight is 113 g/mol. The molecule has 3 nitrogen and oxygen atoms in total. The van der Waals surface area contributed by atoms with Crippen LogP contribution in [0.5, 0.6) is 0 Å². The Morgan fingerprint density at radius 2 is 2.38 bits per heavy atom. The van der Waals surface area contributed by atoms with Crippen molar-refractivity contribution in [3.8, 4) is 0 Å². The van der Waals surface area contributed by atoms with Crippen molar-refractivity contribution >= 4 is 5.91 Å². The maximum atomic E-state index is 10.6. The molecule has 0 saturated carbocycles. The van der Waals surface area contributed by atoms with Gasteiger partial charge in [0.05, 0.1) is 6.54 Å². The Labute approximate surface area is 48.5 Å². The van der Waals surface area contributed by atoms with Gasteiger partial charge in [-0.2, -0.15) is 0 Å². The third-order valence-corrected chi connectivity index (χ3v) is 1.23. The number of nitrogens with two attached hydrogens (primary N) is 1. The molecule has 1 aliphatic heterocycles. The molecule has 0 unspecified atom stereocenters. The molecule has 0 spiro atoms. The van der Waals surface area contributed by atoms with Crippen LogP contribution in [0.25, 0.3) is 0 Å². The van der Waals surface area contributed by atoms with Gasteiger partial charge >= 0.3 is 0 Å². The maximum absolute atomic E-state index is 10.6. The van der Waals surface area contributed by atoms with Crippen LogP contribution in [0, 0.1) is 6.42 Å². The highest BCUT2D eigenvalue weighted by Crippen LogP contribution is 2.02. The molecule has 45 valence electrons. The Hall–Kier alpha value is -0.570. The van der Waals surface area contributed by atoms with Gasteiger partial charge in [-0.3, -0.25) is 4.79 Å². The minimum absolute atomic E-state index is 0.0486. The van der Waals surface area contributed by atoms with E-state index in [2.05, 4.69) is 0 Å². The summed E-state index contributed by atoms with van der Waals surface area (Å²) in [5.74, 6) is 0.0486. The lowest BCUT2D eigenvalue weighted by Crippen LogP contribution is -2.45. The predicted molar refractivity (Wildman–Crippen MR) is 29.9 cm³/mol. The average Bonchev–Trinajstić information content (AvgIpc) is 1.62. The number of hydrogen-bond acceptors (Lipinski definition) is 2. The maximum Gasteiger partial charge on any atom is 0.236 e. The molecule has 1 fully saturated rings. The van der Waals surface area contributed by atoms with Crippen molar-refractivity contribution in [2.24, 2.45) is 5.73 Å². The molecule has 0 aromatic heterocycles. The molecule has 0 aromatic carbocycles. The second kappa shape index (κ2) is 2.13. The Kier molecular flexibility index (Phi) is 1.48. The van der Waals surface area contributed by atoms with Crippen molar-refractivity contribution in [3.63, 3.8) is 0 Å². The van der Waals surface area contributed by atoms with E-state index in [1.165, 1.54) is 0 Å². The molecule has 0 aliphatic carbocycles. The second-order valence-corrected chi connectivity index (χ2v) is 1.79. The van der Waals surface area contributed by atoms with Crippen molar-refractivity contribution in [1.82, 2.24) is 4.90 Å². The topological polar surface area (TPSA) is 46.3 Å². The van der Waals surface area contributed by atoms with Crippen LogP contribution in [-0.4, -0.2) is 30.4 Å². The summed E-state index contributed by atoms with van der Waals surface area (Å²) in [5.41, 5.74) is 5.08. The van der Waals surface area contributed by atoms with Crippen LogP contribution >= 0.6 is 0 Å². The predicted octanol–water partition coefficient (Wildman–Crippen LogP) is -1.01. The number of carbonyl (C=O) groups is 1. The number of carbonyl (C=O) groups excluding carboxylic acids is 1. The lowest BCUT2D eigenvalue weighted by molar-refractivity contribution is -0.131. The zero-order valence-electron chi connectivity index (χ0n) is 4.63. The smallest absolute Gasteiger partial charge is 0.236 e. The quantitative estimate of drug-likeness (QED) is 0.473. The summed E-state index contributed by atoms with van der Waals surface area (Å²) >= 11 is 0. The van der Waals surface area contributed by atoms with Gasteiger partial charge in [0.15, 0.2) is 0 Å². The Morgan fingerprint density at radius 1 is 1.75 bits per heavy atom. The largest absolute Gasteiger partial charge is 0.341 e. The molecule has 0 atom stereocenters. The molecular weight excluding hydrogens is 104 g/mol. The van der Waals surface area contributed by atoms with E-state index in [0.717, 1.165) is 13.1 Å². The highest BCUT2D eigenvalue weighted by atomic mass is 16.2. The Bertz CT molecular complexity index is 98.6. The van der Waals surface area contributed by atoms with Gasteiger partial charge in [-0.25, -0.2) is 0 Å². The fourth-order valence-corrected chi connectivity index (χ4v) is 0.591. The fourth-order valence-electron chi connectivity index (χ4n) is 0.591. The lowest BCUT2D eigenvalue weighted by Gasteiger charge is -2.29. The van der Waals surface area contributed by atoms with E-state index in [1.54, 1.807) is 4.90 Å². The van der Waals surface area contributed by atoms with Gasteiger partial charge in [0.1, 0.15) is 0 Å². The van der Waals surface area contributed by atoms with Crippen LogP contribution in [0.3, 0.4) is 0 Å². The summed E-state index contributed by atoms with van der Waals surface area (Å²) in [6.45, 7) is 1.72. The molecule has 3 heteroatoms. The first-order valence-electron chi connectivity index (χ1n) is 2.64. The van der Waals surface area contributed by atoms with E-state index in [1.807, 2.05) is 6.42 Å². The molecule has 1 aliphatic rings. The fraction of sp³-hybridized carbons (Fsp3) is 0.600. The Balaban J connectivity index is 2.24. The lowest BCUT2D eigenvalue weighted by atomic mass is 10.2. The summed E-state index contributed by atoms with van der Waals surface area (Å²) in [5, 5.41) is 0. The third-order valence-electron chi connectivity index (χ3n) is 1.23. The summed E-state index contributed by atoms with van der Waals surface area (Å²) in [4.78, 5) is 12.3. The molecular formula is C5H9N2O. The standard InChI is InChI=1S/C5H9N2O/c6-4-5(8)7-2-1-3-7/h1H,2-4,6H2. The van der Waals surface area contributed by atoms with E-state index in [9.17, 15) is 4.79 Å². The minimum atomic E-state index is 0.0486. The van der Waals surface area contributed by atoms with Crippen LogP contribution in [0.2, 0.25) is 0 Å². The first-order chi connectivity index (χ1) is 3.84. The first-order valence-corrected chi connectivity index (χ1v) is 2.64. The molecule has 2 N–H and O–H groups in total. The molecule has 1 heterocycles. The van der Waals surface area contributed by atoms with Crippen LogP contribution < -0.4 is 5.73 Å². The van der Waals surface area contributed by atoms with Crippen molar-refractivity contribution in [2.45, 2.75) is 0 Å². The van der Waals surface area contributed by atoms with E-state index in [-0.39, 0.29) is 12.5 Å². The van der Waals surface area contributed by atoms with Crippen LogP contribution in [0.15, 0.2) is 0 Å². The number of nitrogens with zero attached hydrogens (tertiary/aromatic N) is 1. The van der Waals surface area contributed by atoms with Gasteiger partial charge in [0.2, 0.25) is 5.91 Å². The van der Waals surface area contributed by atoms with Gasteiger partial charge in [0.25, 0.3) is 0 Å². The molecule has 8 heavy (non-hydrogen) atoms. The Morgan fingerprint density at radius 3 is 2.50 bits per heavy atom. The summed E-state index contributed by atoms with van der Waals surface area (Å²) in [6.07, 6.45) is 2.04. The number of rotatable bonds is 1. The first kappa shape index (κ1) is 5.56. The summed E-state index contributed by atoms with van der Waals surface area (Å²) in [6, 6.07) is 0. The van der Waals surface area contributed by atoms with Gasteiger partial charge in [-0.1, -0.05) is 0 Å². The minimum Gasteiger partial charge on any atom is -0.341 e. The van der Waals surface area contributed by atoms with Gasteiger partial charge in [0, 0.05) is 19.5 Å². The van der Waals surface area contributed by atoms with Gasteiger partial charge in [-0.15, -0.1) is 0 Å². The zero-order valence-corrected chi connectivity index (χ0v) is 4.63. The van der Waals surface area contributed by atoms with E-state index in [4.69, 9.17) is 5.73 Å². The molecule has 0 aromatic rings. The summed E-state index contributed by atoms with van der Waals surface area (Å²) in [7, 11) is 0. The van der Waals surface area contributed by atoms with Gasteiger partial charge in [-0.05, 0) is 0 Å². The van der Waals surface area contributed by atoms with Crippen molar-refractivity contribution < 1.29 is 4.79 Å². The third kappa shape index (κ3) is 0.816. The SMILES string of the molecule is NCC(=O)N1C[CH]C1. The molecule has 0 bridgehead atoms. The van der Waals surface area contributed by atoms with E-state index in [0.29, 0.717) is 0 Å². The monoisotopic (exact) mass is 113 g/mol. The van der Waals surface area contributed by atoms with Crippen molar-refractivity contribution in [3.05, 3.63) is 6.42 Å². The zero-order chi connectivity index (χ0) is 5.98. The van der Waals surface area contributed by atoms with E-state index >= 15 is 0 Å². The highest BCUT2D eigenvalue weighted by molar-refractivity contribution is 5.79. The van der Waals surface area contributed by atoms with Crippen LogP contribution in [-0.2, 0) is 4.79 Å². The molecule has 1 saturated heterocycles. The number of likely N-dealkylation sites (tertiary alicyclic amines) is 1. The van der Waals surface area contributed by atoms with Crippen LogP contribution in [0.1, 0.15) is 0 Å².